The summed E-state index contributed by atoms with van der Waals surface area (Å²) < 4.78 is 0.434. The van der Waals surface area contributed by atoms with Crippen molar-refractivity contribution in [2.45, 2.75) is 26.7 Å². The van der Waals surface area contributed by atoms with E-state index in [4.69, 9.17) is 5.11 Å². The highest BCUT2D eigenvalue weighted by Crippen LogP contribution is 2.34. The normalized spacial score (nSPS) is 10.8. The molecule has 0 saturated heterocycles. The van der Waals surface area contributed by atoms with Gasteiger partial charge in [-0.1, -0.05) is 13.3 Å². The Hall–Kier alpha value is -2.21. The Morgan fingerprint density at radius 1 is 1.29 bits per heavy atom. The second kappa shape index (κ2) is 5.65. The third-order valence-electron chi connectivity index (χ3n) is 3.18. The van der Waals surface area contributed by atoms with Gasteiger partial charge < -0.3 is 10.2 Å². The first-order valence-electron chi connectivity index (χ1n) is 6.43. The molecule has 0 aliphatic heterocycles. The van der Waals surface area contributed by atoms with E-state index in [0.717, 1.165) is 17.4 Å². The molecule has 0 unspecified atom stereocenters. The van der Waals surface area contributed by atoms with Crippen molar-refractivity contribution in [1.82, 2.24) is 0 Å². The molecule has 110 valence electrons. The number of Topliss-reactive ketones (excluding diaryl/α,β-unsaturated/α-hetero) is 1. The van der Waals surface area contributed by atoms with Crippen LogP contribution in [0.15, 0.2) is 16.9 Å². The van der Waals surface area contributed by atoms with E-state index in [1.54, 1.807) is 0 Å². The number of rotatable bonds is 4. The highest BCUT2D eigenvalue weighted by Gasteiger charge is 2.19. The third kappa shape index (κ3) is 2.67. The molecule has 0 spiro atoms. The topological polar surface area (TPSA) is 91.7 Å². The summed E-state index contributed by atoms with van der Waals surface area (Å²) in [6, 6.07) is 2.39. The molecule has 6 heteroatoms. The summed E-state index contributed by atoms with van der Waals surface area (Å²) in [5, 5.41) is 19.6. The van der Waals surface area contributed by atoms with Gasteiger partial charge in [0.1, 0.15) is 10.6 Å². The molecule has 2 rings (SSSR count). The minimum absolute atomic E-state index is 0.0835. The van der Waals surface area contributed by atoms with Crippen LogP contribution in [0, 0.1) is 0 Å². The average Bonchev–Trinajstić information content (AvgIpc) is 2.41. The number of aromatic carboxylic acids is 1. The van der Waals surface area contributed by atoms with E-state index in [2.05, 4.69) is 0 Å². The number of carbonyl (C=O) groups is 2. The number of aryl methyl sites for hydroxylation is 1. The summed E-state index contributed by atoms with van der Waals surface area (Å²) in [5.41, 5.74) is 0.102. The maximum atomic E-state index is 12.1. The zero-order chi connectivity index (χ0) is 15.7. The highest BCUT2D eigenvalue weighted by atomic mass is 32.1. The Morgan fingerprint density at radius 3 is 2.48 bits per heavy atom. The first-order chi connectivity index (χ1) is 9.86. The lowest BCUT2D eigenvalue weighted by atomic mass is 10.00. The number of ketones is 1. The summed E-state index contributed by atoms with van der Waals surface area (Å²) in [6.07, 6.45) is 1.16. The SMILES string of the molecule is CCCc1c(O)c(C(C)=O)cc2c(=O)cc(C(=O)O)sc12. The van der Waals surface area contributed by atoms with E-state index in [9.17, 15) is 19.5 Å². The Labute approximate surface area is 124 Å². The number of phenolic OH excluding ortho intramolecular Hbond substituents is 1. The van der Waals surface area contributed by atoms with Crippen LogP contribution in [0.25, 0.3) is 10.1 Å². The minimum Gasteiger partial charge on any atom is -0.507 e. The van der Waals surface area contributed by atoms with Gasteiger partial charge in [0.25, 0.3) is 0 Å². The molecule has 0 saturated carbocycles. The standard InChI is InChI=1S/C15H14O5S/c1-3-4-8-13(18)9(7(2)16)5-10-11(17)6-12(15(19)20)21-14(8)10/h5-6,18H,3-4H2,1-2H3,(H,19,20). The minimum atomic E-state index is -1.18. The monoisotopic (exact) mass is 306 g/mol. The van der Waals surface area contributed by atoms with Gasteiger partial charge in [-0.3, -0.25) is 9.59 Å². The van der Waals surface area contributed by atoms with Gasteiger partial charge in [0.15, 0.2) is 11.2 Å². The zero-order valence-electron chi connectivity index (χ0n) is 11.6. The molecular formula is C15H14O5S. The fourth-order valence-electron chi connectivity index (χ4n) is 2.20. The molecule has 0 atom stereocenters. The number of carbonyl (C=O) groups excluding carboxylic acids is 1. The Balaban J connectivity index is 2.96. The number of carboxylic acid groups (broad SMARTS) is 1. The number of benzene rings is 1. The van der Waals surface area contributed by atoms with Gasteiger partial charge in [-0.05, 0) is 19.4 Å². The van der Waals surface area contributed by atoms with E-state index in [0.29, 0.717) is 23.1 Å². The largest absolute Gasteiger partial charge is 0.507 e. The summed E-state index contributed by atoms with van der Waals surface area (Å²) in [6.45, 7) is 3.21. The number of aromatic hydroxyl groups is 1. The molecule has 0 radical (unpaired) electrons. The molecule has 1 heterocycles. The Bertz CT molecular complexity index is 804. The van der Waals surface area contributed by atoms with Crippen molar-refractivity contribution >= 4 is 33.2 Å². The molecule has 0 aliphatic carbocycles. The molecule has 2 aromatic rings. The van der Waals surface area contributed by atoms with Crippen molar-refractivity contribution in [3.63, 3.8) is 0 Å². The van der Waals surface area contributed by atoms with Crippen LogP contribution < -0.4 is 5.43 Å². The Kier molecular flexibility index (Phi) is 4.09. The molecular weight excluding hydrogens is 292 g/mol. The molecule has 2 N–H and O–H groups in total. The van der Waals surface area contributed by atoms with E-state index in [1.807, 2.05) is 6.92 Å². The predicted octanol–water partition coefficient (Wildman–Crippen LogP) is 2.82. The second-order valence-electron chi connectivity index (χ2n) is 4.71. The van der Waals surface area contributed by atoms with E-state index in [-0.39, 0.29) is 27.4 Å². The smallest absolute Gasteiger partial charge is 0.346 e. The summed E-state index contributed by atoms with van der Waals surface area (Å²) in [4.78, 5) is 34.7. The highest BCUT2D eigenvalue weighted by molar-refractivity contribution is 7.20. The molecule has 0 bridgehead atoms. The van der Waals surface area contributed by atoms with Crippen LogP contribution in [0.4, 0.5) is 0 Å². The zero-order valence-corrected chi connectivity index (χ0v) is 12.4. The molecule has 1 aromatic carbocycles. The fraction of sp³-hybridized carbons (Fsp3) is 0.267. The van der Waals surface area contributed by atoms with Gasteiger partial charge in [0, 0.05) is 21.7 Å². The van der Waals surface area contributed by atoms with Crippen LogP contribution >= 0.6 is 11.3 Å². The van der Waals surface area contributed by atoms with Crippen LogP contribution in [0.5, 0.6) is 5.75 Å². The van der Waals surface area contributed by atoms with Gasteiger partial charge >= 0.3 is 5.97 Å². The molecule has 5 nitrogen and oxygen atoms in total. The number of hydrogen-bond donors (Lipinski definition) is 2. The predicted molar refractivity (Wildman–Crippen MR) is 80.7 cm³/mol. The average molecular weight is 306 g/mol. The van der Waals surface area contributed by atoms with Gasteiger partial charge in [0.2, 0.25) is 0 Å². The quantitative estimate of drug-likeness (QED) is 0.847. The molecule has 0 aliphatic rings. The maximum absolute atomic E-state index is 12.1. The molecule has 0 fully saturated rings. The van der Waals surface area contributed by atoms with E-state index >= 15 is 0 Å². The van der Waals surface area contributed by atoms with Crippen molar-refractivity contribution in [1.29, 1.82) is 0 Å². The van der Waals surface area contributed by atoms with E-state index in [1.165, 1.54) is 13.0 Å². The van der Waals surface area contributed by atoms with Crippen molar-refractivity contribution in [3.8, 4) is 5.75 Å². The number of fused-ring (bicyclic) bond motifs is 1. The lowest BCUT2D eigenvalue weighted by Crippen LogP contribution is -2.08. The Morgan fingerprint density at radius 2 is 1.95 bits per heavy atom. The fourth-order valence-corrected chi connectivity index (χ4v) is 3.27. The van der Waals surface area contributed by atoms with Crippen molar-refractivity contribution in [2.24, 2.45) is 0 Å². The van der Waals surface area contributed by atoms with Gasteiger partial charge in [-0.15, -0.1) is 11.3 Å². The summed E-state index contributed by atoms with van der Waals surface area (Å²) >= 11 is 0.939. The van der Waals surface area contributed by atoms with Crippen molar-refractivity contribution in [3.05, 3.63) is 38.4 Å². The lowest BCUT2D eigenvalue weighted by Gasteiger charge is -2.11. The molecule has 21 heavy (non-hydrogen) atoms. The van der Waals surface area contributed by atoms with Crippen LogP contribution in [0.2, 0.25) is 0 Å². The second-order valence-corrected chi connectivity index (χ2v) is 5.77. The lowest BCUT2D eigenvalue weighted by molar-refractivity contribution is 0.0701. The van der Waals surface area contributed by atoms with Crippen LogP contribution in [-0.4, -0.2) is 22.0 Å². The van der Waals surface area contributed by atoms with Crippen molar-refractivity contribution < 1.29 is 19.8 Å². The number of phenols is 1. The van der Waals surface area contributed by atoms with Gasteiger partial charge in [-0.25, -0.2) is 4.79 Å². The van der Waals surface area contributed by atoms with E-state index < -0.39 is 11.4 Å². The van der Waals surface area contributed by atoms with Crippen LogP contribution in [0.1, 0.15) is 45.9 Å². The van der Waals surface area contributed by atoms with Gasteiger partial charge in [0.05, 0.1) is 5.56 Å². The van der Waals surface area contributed by atoms with Crippen LogP contribution in [0.3, 0.4) is 0 Å². The first-order valence-corrected chi connectivity index (χ1v) is 7.25. The van der Waals surface area contributed by atoms with Crippen LogP contribution in [-0.2, 0) is 6.42 Å². The van der Waals surface area contributed by atoms with Gasteiger partial charge in [-0.2, -0.15) is 0 Å². The number of carboxylic acids is 1. The number of hydrogen-bond acceptors (Lipinski definition) is 5. The maximum Gasteiger partial charge on any atom is 0.346 e. The van der Waals surface area contributed by atoms with Crippen molar-refractivity contribution in [2.75, 3.05) is 0 Å². The first kappa shape index (κ1) is 15.2. The molecule has 0 amide bonds. The summed E-state index contributed by atoms with van der Waals surface area (Å²) in [7, 11) is 0. The third-order valence-corrected chi connectivity index (χ3v) is 4.36. The summed E-state index contributed by atoms with van der Waals surface area (Å²) in [5.74, 6) is -1.68. The molecule has 1 aromatic heterocycles.